The number of fused-ring (bicyclic) bond motifs is 1. The lowest BCUT2D eigenvalue weighted by Gasteiger charge is -2.23. The van der Waals surface area contributed by atoms with E-state index in [0.29, 0.717) is 34.6 Å². The van der Waals surface area contributed by atoms with Crippen LogP contribution in [0.15, 0.2) is 45.7 Å². The van der Waals surface area contributed by atoms with Crippen LogP contribution in [0.2, 0.25) is 0 Å². The first kappa shape index (κ1) is 22.2. The monoisotopic (exact) mass is 460 g/mol. The van der Waals surface area contributed by atoms with Crippen LogP contribution >= 0.6 is 0 Å². The largest absolute Gasteiger partial charge is 0.416 e. The molecule has 0 unspecified atom stereocenters. The highest BCUT2D eigenvalue weighted by molar-refractivity contribution is 5.96. The molecule has 4 aromatic rings. The summed E-state index contributed by atoms with van der Waals surface area (Å²) < 4.78 is 7.71. The fraction of sp³-hybridized carbons (Fsp3) is 0.400. The molecular formula is C25H28N6O3. The Labute approximate surface area is 196 Å². The summed E-state index contributed by atoms with van der Waals surface area (Å²) >= 11 is 0. The molecule has 0 atom stereocenters. The molecule has 176 valence electrons. The van der Waals surface area contributed by atoms with Crippen molar-refractivity contribution in [3.05, 3.63) is 58.1 Å². The molecule has 34 heavy (non-hydrogen) atoms. The Morgan fingerprint density at radius 2 is 1.82 bits per heavy atom. The van der Waals surface area contributed by atoms with Gasteiger partial charge in [-0.05, 0) is 43.5 Å². The molecule has 3 aromatic heterocycles. The molecular weight excluding hydrogens is 432 g/mol. The number of carbonyl (C=O) groups excluding carboxylic acids is 1. The molecule has 0 radical (unpaired) electrons. The number of hydrogen-bond acceptors (Lipinski definition) is 7. The summed E-state index contributed by atoms with van der Waals surface area (Å²) in [6.07, 6.45) is 4.02. The van der Waals surface area contributed by atoms with Gasteiger partial charge < -0.3 is 14.7 Å². The van der Waals surface area contributed by atoms with Crippen LogP contribution in [0.4, 0.5) is 0 Å². The van der Waals surface area contributed by atoms with E-state index in [-0.39, 0.29) is 28.6 Å². The lowest BCUT2D eigenvalue weighted by molar-refractivity contribution is 0.0940. The minimum atomic E-state index is -0.182. The number of ketones is 1. The third kappa shape index (κ3) is 4.43. The van der Waals surface area contributed by atoms with Crippen molar-refractivity contribution in [2.24, 2.45) is 5.41 Å². The second-order valence-corrected chi connectivity index (χ2v) is 10.1. The number of carbonyl (C=O) groups is 1. The van der Waals surface area contributed by atoms with Crippen LogP contribution in [-0.4, -0.2) is 43.7 Å². The van der Waals surface area contributed by atoms with Crippen LogP contribution in [0, 0.1) is 5.41 Å². The summed E-state index contributed by atoms with van der Waals surface area (Å²) in [5, 5.41) is 16.2. The van der Waals surface area contributed by atoms with Crippen LogP contribution < -0.4 is 10.9 Å². The van der Waals surface area contributed by atoms with Crippen molar-refractivity contribution in [2.45, 2.75) is 46.0 Å². The minimum absolute atomic E-state index is 0.0692. The number of Topliss-reactive ketones (excluding diaryl/α,β-unsaturated/α-hetero) is 1. The summed E-state index contributed by atoms with van der Waals surface area (Å²) in [5.74, 6) is 0.971. The number of benzene rings is 1. The Balaban J connectivity index is 1.44. The predicted molar refractivity (Wildman–Crippen MR) is 128 cm³/mol. The van der Waals surface area contributed by atoms with Gasteiger partial charge in [0.25, 0.3) is 11.4 Å². The van der Waals surface area contributed by atoms with Gasteiger partial charge in [0.05, 0.1) is 11.9 Å². The lowest BCUT2D eigenvalue weighted by atomic mass is 9.88. The van der Waals surface area contributed by atoms with E-state index in [2.05, 4.69) is 25.6 Å². The second kappa shape index (κ2) is 8.64. The molecule has 1 fully saturated rings. The number of rotatable bonds is 5. The number of hydrogen-bond donors (Lipinski definition) is 2. The first-order valence-corrected chi connectivity index (χ1v) is 11.6. The second-order valence-electron chi connectivity index (χ2n) is 10.1. The summed E-state index contributed by atoms with van der Waals surface area (Å²) in [6, 6.07) is 8.80. The van der Waals surface area contributed by atoms with Crippen LogP contribution in [0.3, 0.4) is 0 Å². The van der Waals surface area contributed by atoms with Crippen molar-refractivity contribution in [3.63, 3.8) is 0 Å². The molecule has 1 aliphatic heterocycles. The standard InChI is InChI=1S/C25H28N6O3/c1-25(2,3)13-20(32)16-4-6-17(7-5-16)23-29-30-24(34-23)18-14-27-31-19(12-21(33)28-22(18)31)15-8-10-26-11-9-15/h4-7,12,14-15,26H,8-11,13H2,1-3H3,(H,28,33). The number of nitrogens with one attached hydrogen (secondary N) is 2. The van der Waals surface area contributed by atoms with Gasteiger partial charge in [0.15, 0.2) is 5.78 Å². The van der Waals surface area contributed by atoms with Crippen molar-refractivity contribution in [3.8, 4) is 22.9 Å². The molecule has 0 amide bonds. The van der Waals surface area contributed by atoms with E-state index in [1.165, 1.54) is 0 Å². The maximum absolute atomic E-state index is 12.5. The maximum Gasteiger partial charge on any atom is 0.253 e. The molecule has 2 N–H and O–H groups in total. The van der Waals surface area contributed by atoms with Gasteiger partial charge in [-0.25, -0.2) is 4.52 Å². The zero-order chi connectivity index (χ0) is 23.9. The number of nitrogens with zero attached hydrogens (tertiary/aromatic N) is 4. The van der Waals surface area contributed by atoms with Gasteiger partial charge in [0, 0.05) is 29.5 Å². The van der Waals surface area contributed by atoms with Gasteiger partial charge in [-0.3, -0.25) is 9.59 Å². The zero-order valence-electron chi connectivity index (χ0n) is 19.6. The number of H-pyrrole nitrogens is 1. The van der Waals surface area contributed by atoms with Gasteiger partial charge in [-0.2, -0.15) is 5.10 Å². The van der Waals surface area contributed by atoms with Gasteiger partial charge in [-0.15, -0.1) is 10.2 Å². The first-order chi connectivity index (χ1) is 16.3. The van der Waals surface area contributed by atoms with Crippen molar-refractivity contribution in [1.29, 1.82) is 0 Å². The Bertz CT molecular complexity index is 1380. The molecule has 0 bridgehead atoms. The molecule has 1 saturated heterocycles. The molecule has 5 rings (SSSR count). The van der Waals surface area contributed by atoms with Crippen LogP contribution in [0.25, 0.3) is 28.6 Å². The molecule has 9 nitrogen and oxygen atoms in total. The third-order valence-electron chi connectivity index (χ3n) is 6.09. The van der Waals surface area contributed by atoms with Crippen LogP contribution in [0.1, 0.15) is 62.0 Å². The minimum Gasteiger partial charge on any atom is -0.416 e. The van der Waals surface area contributed by atoms with E-state index in [9.17, 15) is 9.59 Å². The topological polar surface area (TPSA) is 118 Å². The first-order valence-electron chi connectivity index (χ1n) is 11.6. The number of piperidine rings is 1. The van der Waals surface area contributed by atoms with E-state index >= 15 is 0 Å². The van der Waals surface area contributed by atoms with Gasteiger partial charge in [-0.1, -0.05) is 32.9 Å². The third-order valence-corrected chi connectivity index (χ3v) is 6.09. The van der Waals surface area contributed by atoms with Gasteiger partial charge in [0.2, 0.25) is 5.89 Å². The zero-order valence-corrected chi connectivity index (χ0v) is 19.6. The number of aromatic amines is 1. The Morgan fingerprint density at radius 3 is 2.53 bits per heavy atom. The molecule has 4 heterocycles. The summed E-state index contributed by atoms with van der Waals surface area (Å²) in [6.45, 7) is 7.97. The molecule has 1 aliphatic rings. The van der Waals surface area contributed by atoms with Gasteiger partial charge in [0.1, 0.15) is 11.2 Å². The predicted octanol–water partition coefficient (Wildman–Crippen LogP) is 3.83. The maximum atomic E-state index is 12.5. The van der Waals surface area contributed by atoms with Crippen LogP contribution in [-0.2, 0) is 0 Å². The average molecular weight is 461 g/mol. The SMILES string of the molecule is CC(C)(C)CC(=O)c1ccc(-c2nnc(-c3cnn4c(C5CCNCC5)cc(=O)[nH]c34)o2)cc1. The van der Waals surface area contributed by atoms with Crippen LogP contribution in [0.5, 0.6) is 0 Å². The summed E-state index contributed by atoms with van der Waals surface area (Å²) in [5.41, 5.74) is 3.12. The fourth-order valence-electron chi connectivity index (χ4n) is 4.41. The number of aromatic nitrogens is 5. The molecule has 0 aliphatic carbocycles. The van der Waals surface area contributed by atoms with Crippen molar-refractivity contribution < 1.29 is 9.21 Å². The highest BCUT2D eigenvalue weighted by Crippen LogP contribution is 2.30. The lowest BCUT2D eigenvalue weighted by Crippen LogP contribution is -2.28. The van der Waals surface area contributed by atoms with E-state index in [0.717, 1.165) is 31.6 Å². The quantitative estimate of drug-likeness (QED) is 0.435. The van der Waals surface area contributed by atoms with E-state index in [1.54, 1.807) is 41.0 Å². The highest BCUT2D eigenvalue weighted by atomic mass is 16.4. The Morgan fingerprint density at radius 1 is 1.12 bits per heavy atom. The smallest absolute Gasteiger partial charge is 0.253 e. The van der Waals surface area contributed by atoms with Gasteiger partial charge >= 0.3 is 0 Å². The summed E-state index contributed by atoms with van der Waals surface area (Å²) in [4.78, 5) is 27.8. The van der Waals surface area contributed by atoms with Crippen molar-refractivity contribution in [2.75, 3.05) is 13.1 Å². The molecule has 0 saturated carbocycles. The fourth-order valence-corrected chi connectivity index (χ4v) is 4.41. The van der Waals surface area contributed by atoms with Crippen molar-refractivity contribution in [1.82, 2.24) is 30.1 Å². The molecule has 0 spiro atoms. The Kier molecular flexibility index (Phi) is 5.65. The average Bonchev–Trinajstić information content (AvgIpc) is 3.45. The Hall–Kier alpha value is -3.59. The summed E-state index contributed by atoms with van der Waals surface area (Å²) in [7, 11) is 0. The molecule has 1 aromatic carbocycles. The highest BCUT2D eigenvalue weighted by Gasteiger charge is 2.23. The van der Waals surface area contributed by atoms with E-state index in [4.69, 9.17) is 4.42 Å². The normalized spacial score (nSPS) is 15.1. The van der Waals surface area contributed by atoms with E-state index in [1.807, 2.05) is 20.8 Å². The van der Waals surface area contributed by atoms with Crippen molar-refractivity contribution >= 4 is 11.4 Å². The van der Waals surface area contributed by atoms with E-state index < -0.39 is 0 Å². The molecule has 9 heteroatoms.